The van der Waals surface area contributed by atoms with Gasteiger partial charge in [0, 0.05) is 44.2 Å². The van der Waals surface area contributed by atoms with Crippen molar-refractivity contribution in [1.29, 1.82) is 0 Å². The maximum atomic E-state index is 7.10. The fourth-order valence-electron chi connectivity index (χ4n) is 7.61. The molecule has 3 heterocycles. The van der Waals surface area contributed by atoms with Crippen molar-refractivity contribution < 1.29 is 4.42 Å². The molecule has 3 aromatic heterocycles. The Balaban J connectivity index is 1.44. The highest BCUT2D eigenvalue weighted by molar-refractivity contribution is 6.70. The molecule has 0 unspecified atom stereocenters. The zero-order chi connectivity index (χ0) is 40.3. The Morgan fingerprint density at radius 1 is 0.386 bits per heavy atom. The van der Waals surface area contributed by atoms with Crippen LogP contribution in [0.25, 0.3) is 83.6 Å². The Kier molecular flexibility index (Phi) is 8.80. The van der Waals surface area contributed by atoms with Gasteiger partial charge in [0.15, 0.2) is 17.5 Å². The molecule has 232 valence electrons. The maximum absolute atomic E-state index is 7.10. The summed E-state index contributed by atoms with van der Waals surface area (Å²) in [5.41, 5.74) is 3.20. The van der Waals surface area contributed by atoms with E-state index in [-0.39, 0.29) is 116 Å². The molecule has 0 amide bonds. The highest BCUT2D eigenvalue weighted by atomic mass is 16.3. The van der Waals surface area contributed by atoms with Gasteiger partial charge < -0.3 is 8.98 Å². The summed E-state index contributed by atoms with van der Waals surface area (Å²) in [6.45, 7) is 0. The summed E-state index contributed by atoms with van der Waals surface area (Å²) in [6.07, 6.45) is 0. The molecule has 9 aromatic rings. The van der Waals surface area contributed by atoms with Crippen LogP contribution in [0, 0.1) is 0 Å². The topological polar surface area (TPSA) is 56.7 Å². The molecule has 0 bridgehead atoms. The van der Waals surface area contributed by atoms with Gasteiger partial charge in [-0.05, 0) is 16.2 Å². The van der Waals surface area contributed by atoms with E-state index in [1.807, 2.05) is 60.7 Å². The lowest BCUT2D eigenvalue weighted by Crippen LogP contribution is -2.48. The molecule has 0 N–H and O–H groups in total. The summed E-state index contributed by atoms with van der Waals surface area (Å²) >= 11 is 0. The second-order valence-electron chi connectivity index (χ2n) is 13.7. The van der Waals surface area contributed by atoms with E-state index < -0.39 is 0 Å². The van der Waals surface area contributed by atoms with Gasteiger partial charge in [0.2, 0.25) is 0 Å². The van der Waals surface area contributed by atoms with Crippen LogP contribution >= 0.6 is 0 Å². The summed E-state index contributed by atoms with van der Waals surface area (Å²) in [4.78, 5) is 14.6. The third-order valence-corrected chi connectivity index (χ3v) is 10.4. The fourth-order valence-corrected chi connectivity index (χ4v) is 7.61. The first-order valence-electron chi connectivity index (χ1n) is 17.3. The number of fused-ring (bicyclic) bond motifs is 6. The van der Waals surface area contributed by atoms with Crippen molar-refractivity contribution in [1.82, 2.24) is 19.5 Å². The Morgan fingerprint density at radius 3 is 1.47 bits per heavy atom. The lowest BCUT2D eigenvalue weighted by Gasteiger charge is -2.22. The molecule has 5 nitrogen and oxygen atoms in total. The molecule has 0 aliphatic heterocycles. The lowest BCUT2D eigenvalue weighted by molar-refractivity contribution is 0.674. The molecule has 0 saturated heterocycles. The molecular formula is C39H11B13N4O. The average molecular weight is 692 g/mol. The van der Waals surface area contributed by atoms with E-state index in [4.69, 9.17) is 121 Å². The molecule has 57 heavy (non-hydrogen) atoms. The largest absolute Gasteiger partial charge is 0.457 e. The van der Waals surface area contributed by atoms with Crippen LogP contribution in [0.3, 0.4) is 0 Å². The molecule has 9 rings (SSSR count). The number of furan rings is 1. The summed E-state index contributed by atoms with van der Waals surface area (Å²) in [5.74, 6) is 0.880. The average Bonchev–Trinajstić information content (AvgIpc) is 3.79. The van der Waals surface area contributed by atoms with Gasteiger partial charge in [-0.25, -0.2) is 15.0 Å². The maximum Gasteiger partial charge on any atom is 0.164 e. The van der Waals surface area contributed by atoms with Gasteiger partial charge in [0.05, 0.1) is 0 Å². The van der Waals surface area contributed by atoms with Crippen molar-refractivity contribution in [2.75, 3.05) is 0 Å². The first kappa shape index (κ1) is 37.4. The number of nitrogens with zero attached hydrogens (tertiary/aromatic N) is 4. The number of rotatable bonds is 4. The molecule has 6 aromatic carbocycles. The lowest BCUT2D eigenvalue weighted by atomic mass is 9.65. The smallest absolute Gasteiger partial charge is 0.164 e. The van der Waals surface area contributed by atoms with Crippen LogP contribution in [0.2, 0.25) is 0 Å². The minimum atomic E-state index is -0.0271. The minimum absolute atomic E-state index is 0.00885. The Labute approximate surface area is 345 Å². The zero-order valence-electron chi connectivity index (χ0n) is 30.1. The highest BCUT2D eigenvalue weighted by Gasteiger charge is 2.28. The second-order valence-corrected chi connectivity index (χ2v) is 13.7. The van der Waals surface area contributed by atoms with Crippen molar-refractivity contribution in [3.63, 3.8) is 0 Å². The predicted molar refractivity (Wildman–Crippen MR) is 248 cm³/mol. The minimum Gasteiger partial charge on any atom is -0.457 e. The molecule has 0 saturated carbocycles. The van der Waals surface area contributed by atoms with E-state index in [1.165, 1.54) is 6.07 Å². The normalized spacial score (nSPS) is 11.7. The number of benzene rings is 6. The number of hydrogen-bond donors (Lipinski definition) is 0. The summed E-state index contributed by atoms with van der Waals surface area (Å²) in [6, 6.07) is 20.3. The highest BCUT2D eigenvalue weighted by Crippen LogP contribution is 2.34. The van der Waals surface area contributed by atoms with E-state index >= 15 is 0 Å². The molecule has 18 heteroatoms. The molecule has 0 aliphatic rings. The van der Waals surface area contributed by atoms with E-state index in [0.29, 0.717) is 27.8 Å². The van der Waals surface area contributed by atoms with Crippen LogP contribution in [0.1, 0.15) is 0 Å². The molecule has 0 fully saturated rings. The van der Waals surface area contributed by atoms with Gasteiger partial charge in [-0.1, -0.05) is 110 Å². The van der Waals surface area contributed by atoms with Gasteiger partial charge in [-0.3, -0.25) is 0 Å². The molecule has 0 spiro atoms. The molecule has 0 atom stereocenters. The first-order valence-corrected chi connectivity index (χ1v) is 17.3. The molecule has 26 radical (unpaired) electrons. The van der Waals surface area contributed by atoms with Crippen LogP contribution < -0.4 is 71.0 Å². The molecule has 0 aliphatic carbocycles. The zero-order valence-corrected chi connectivity index (χ0v) is 30.1. The van der Waals surface area contributed by atoms with E-state index in [1.54, 1.807) is 4.57 Å². The Morgan fingerprint density at radius 2 is 0.877 bits per heavy atom. The number of hydrogen-bond acceptors (Lipinski definition) is 4. The van der Waals surface area contributed by atoms with Crippen molar-refractivity contribution in [3.8, 4) is 39.9 Å². The van der Waals surface area contributed by atoms with E-state index in [0.717, 1.165) is 11.1 Å². The van der Waals surface area contributed by atoms with Crippen molar-refractivity contribution in [2.45, 2.75) is 0 Å². The van der Waals surface area contributed by atoms with Crippen LogP contribution in [0.5, 0.6) is 0 Å². The second kappa shape index (κ2) is 13.4. The van der Waals surface area contributed by atoms with Crippen molar-refractivity contribution in [3.05, 3.63) is 66.7 Å². The van der Waals surface area contributed by atoms with Crippen LogP contribution in [-0.2, 0) is 0 Å². The third-order valence-electron chi connectivity index (χ3n) is 10.4. The van der Waals surface area contributed by atoms with E-state index in [2.05, 4.69) is 0 Å². The van der Waals surface area contributed by atoms with Crippen LogP contribution in [0.4, 0.5) is 0 Å². The van der Waals surface area contributed by atoms with Gasteiger partial charge >= 0.3 is 0 Å². The quantitative estimate of drug-likeness (QED) is 0.173. The van der Waals surface area contributed by atoms with Gasteiger partial charge in [0.1, 0.15) is 113 Å². The Bertz CT molecular complexity index is 3160. The molecular weight excluding hydrogens is 681 g/mol. The monoisotopic (exact) mass is 694 g/mol. The van der Waals surface area contributed by atoms with Gasteiger partial charge in [-0.2, -0.15) is 0 Å². The summed E-state index contributed by atoms with van der Waals surface area (Å²) < 4.78 is 8.08. The van der Waals surface area contributed by atoms with Crippen molar-refractivity contribution in [2.24, 2.45) is 0 Å². The predicted octanol–water partition coefficient (Wildman–Crippen LogP) is -5.81. The Hall–Kier alpha value is -5.23. The standard InChI is InChI=1S/C39H11B13N4O/c40-14-11-15(41)21(42)32-16(14)18-22(43)25(46)27(48)29(50)33(18)56(32)34-28(49)23(44)19-17-20(24(45)26(47)30(51)35(17)57-36(19)31(34)52)39-54-37(12-7-3-1-4-8-12)53-38(55-39)13-9-5-2-6-10-13/h1-11H. The number of aromatic nitrogens is 4. The first-order chi connectivity index (χ1) is 27.2. The fraction of sp³-hybridized carbons (Fsp3) is 0. The van der Waals surface area contributed by atoms with Crippen LogP contribution in [-0.4, -0.2) is 122 Å². The van der Waals surface area contributed by atoms with Crippen molar-refractivity contribution >= 4 is 217 Å². The van der Waals surface area contributed by atoms with E-state index in [9.17, 15) is 0 Å². The van der Waals surface area contributed by atoms with Gasteiger partial charge in [0.25, 0.3) is 0 Å². The summed E-state index contributed by atoms with van der Waals surface area (Å²) in [5, 5.41) is 1.27. The van der Waals surface area contributed by atoms with Crippen LogP contribution in [0.15, 0.2) is 71.1 Å². The summed E-state index contributed by atoms with van der Waals surface area (Å²) in [7, 11) is 86.8. The SMILES string of the molecule is [B]c1cc([B])c2c3c([B])c([B])c([B])c([B])c3n(-c3c([B])c([B])c4c(oc5c([B])c([B])c([B])c(-c6nc(-c7ccccc7)nc(-c7ccccc7)n6)c54)c3[B])c2c1[B]. The third kappa shape index (κ3) is 5.31. The van der Waals surface area contributed by atoms with Gasteiger partial charge in [-0.15, -0.1) is 21.9 Å².